The second-order valence-corrected chi connectivity index (χ2v) is 6.93. The van der Waals surface area contributed by atoms with Gasteiger partial charge in [-0.2, -0.15) is 10.4 Å². The fourth-order valence-corrected chi connectivity index (χ4v) is 3.57. The highest BCUT2D eigenvalue weighted by atomic mass is 32.1. The number of hydrogen-bond donors (Lipinski definition) is 0. The Kier molecular flexibility index (Phi) is 4.91. The van der Waals surface area contributed by atoms with Crippen molar-refractivity contribution in [2.45, 2.75) is 6.54 Å². The molecule has 0 aliphatic rings. The third-order valence-corrected chi connectivity index (χ3v) is 4.97. The smallest absolute Gasteiger partial charge is 0.110 e. The highest BCUT2D eigenvalue weighted by molar-refractivity contribution is 7.13. The van der Waals surface area contributed by atoms with Crippen LogP contribution in [-0.2, 0) is 6.54 Å². The fourth-order valence-electron chi connectivity index (χ4n) is 2.84. The molecule has 0 bridgehead atoms. The van der Waals surface area contributed by atoms with Crippen LogP contribution >= 0.6 is 11.3 Å². The average Bonchev–Trinajstić information content (AvgIpc) is 3.37. The molecule has 0 amide bonds. The minimum absolute atomic E-state index is 0.521. The Balaban J connectivity index is 1.77. The number of nitriles is 1. The first-order valence-corrected chi connectivity index (χ1v) is 9.40. The van der Waals surface area contributed by atoms with Crippen molar-refractivity contribution in [3.05, 3.63) is 95.3 Å². The van der Waals surface area contributed by atoms with Crippen LogP contribution < -0.4 is 0 Å². The van der Waals surface area contributed by atoms with Crippen LogP contribution in [0.2, 0.25) is 0 Å². The van der Waals surface area contributed by atoms with Crippen molar-refractivity contribution >= 4 is 23.0 Å². The topological polar surface area (TPSA) is 54.5 Å². The van der Waals surface area contributed by atoms with Crippen molar-refractivity contribution in [2.75, 3.05) is 0 Å². The zero-order valence-electron chi connectivity index (χ0n) is 14.5. The largest absolute Gasteiger partial charge is 0.267 e. The molecule has 0 unspecified atom stereocenters. The van der Waals surface area contributed by atoms with Gasteiger partial charge < -0.3 is 0 Å². The van der Waals surface area contributed by atoms with E-state index in [0.717, 1.165) is 16.1 Å². The van der Waals surface area contributed by atoms with Crippen LogP contribution in [0.15, 0.2) is 78.4 Å². The van der Waals surface area contributed by atoms with Gasteiger partial charge in [0, 0.05) is 18.0 Å². The number of benzene rings is 1. The van der Waals surface area contributed by atoms with Gasteiger partial charge in [-0.25, -0.2) is 0 Å². The molecule has 4 rings (SSSR count). The molecule has 0 N–H and O–H groups in total. The van der Waals surface area contributed by atoms with E-state index in [1.54, 1.807) is 17.5 Å². The Morgan fingerprint density at radius 3 is 2.63 bits per heavy atom. The summed E-state index contributed by atoms with van der Waals surface area (Å²) < 4.78 is 1.92. The van der Waals surface area contributed by atoms with Gasteiger partial charge in [-0.15, -0.1) is 11.3 Å². The number of thiophene rings is 1. The molecular weight excluding hydrogens is 352 g/mol. The van der Waals surface area contributed by atoms with Crippen LogP contribution in [-0.4, -0.2) is 14.8 Å². The Labute approximate surface area is 161 Å². The Hall–Kier alpha value is -3.49. The maximum atomic E-state index is 9.62. The zero-order chi connectivity index (χ0) is 18.5. The number of pyridine rings is 1. The molecule has 4 nitrogen and oxygen atoms in total. The predicted molar refractivity (Wildman–Crippen MR) is 109 cm³/mol. The predicted octanol–water partition coefficient (Wildman–Crippen LogP) is 5.12. The van der Waals surface area contributed by atoms with Crippen LogP contribution in [0.1, 0.15) is 16.8 Å². The van der Waals surface area contributed by atoms with Crippen LogP contribution in [0.25, 0.3) is 22.2 Å². The number of hydrogen-bond acceptors (Lipinski definition) is 4. The van der Waals surface area contributed by atoms with Crippen LogP contribution in [0.5, 0.6) is 0 Å². The van der Waals surface area contributed by atoms with Crippen LogP contribution in [0, 0.1) is 11.3 Å². The first-order chi connectivity index (χ1) is 13.3. The van der Waals surface area contributed by atoms with Crippen molar-refractivity contribution in [3.8, 4) is 16.6 Å². The first kappa shape index (κ1) is 17.0. The summed E-state index contributed by atoms with van der Waals surface area (Å²) in [5.74, 6) is 0. The summed E-state index contributed by atoms with van der Waals surface area (Å²) in [6, 6.07) is 22.1. The van der Waals surface area contributed by atoms with Gasteiger partial charge in [0.25, 0.3) is 0 Å². The van der Waals surface area contributed by atoms with Gasteiger partial charge in [0.2, 0.25) is 0 Å². The molecule has 130 valence electrons. The monoisotopic (exact) mass is 368 g/mol. The van der Waals surface area contributed by atoms with Crippen molar-refractivity contribution in [3.63, 3.8) is 0 Å². The van der Waals surface area contributed by atoms with Gasteiger partial charge >= 0.3 is 0 Å². The standard InChI is InChI=1S/C22H16N4S/c23-14-18(20-9-4-5-11-24-20)13-19-16-26(15-17-7-2-1-3-8-17)25-22(19)21-10-6-12-27-21/h1-13,16H,15H2. The minimum Gasteiger partial charge on any atom is -0.267 e. The second kappa shape index (κ2) is 7.81. The van der Waals surface area contributed by atoms with Crippen LogP contribution in [0.3, 0.4) is 0 Å². The summed E-state index contributed by atoms with van der Waals surface area (Å²) in [6.45, 7) is 0.679. The Morgan fingerprint density at radius 1 is 1.07 bits per heavy atom. The molecule has 0 aliphatic carbocycles. The summed E-state index contributed by atoms with van der Waals surface area (Å²) in [7, 11) is 0. The zero-order valence-corrected chi connectivity index (χ0v) is 15.3. The number of rotatable bonds is 5. The normalized spacial score (nSPS) is 11.3. The number of allylic oxidation sites excluding steroid dienone is 1. The maximum Gasteiger partial charge on any atom is 0.110 e. The minimum atomic E-state index is 0.521. The number of aromatic nitrogens is 3. The molecule has 0 spiro atoms. The van der Waals surface area contributed by atoms with E-state index in [9.17, 15) is 5.26 Å². The van der Waals surface area contributed by atoms with Gasteiger partial charge in [-0.3, -0.25) is 9.67 Å². The molecule has 4 aromatic rings. The molecule has 0 radical (unpaired) electrons. The summed E-state index contributed by atoms with van der Waals surface area (Å²) in [5, 5.41) is 16.4. The highest BCUT2D eigenvalue weighted by Crippen LogP contribution is 2.29. The van der Waals surface area contributed by atoms with Gasteiger partial charge in [0.1, 0.15) is 11.8 Å². The van der Waals surface area contributed by atoms with Crippen molar-refractivity contribution in [1.82, 2.24) is 14.8 Å². The van der Waals surface area contributed by atoms with E-state index in [4.69, 9.17) is 5.10 Å². The van der Waals surface area contributed by atoms with Crippen molar-refractivity contribution in [2.24, 2.45) is 0 Å². The van der Waals surface area contributed by atoms with E-state index in [0.29, 0.717) is 17.8 Å². The maximum absolute atomic E-state index is 9.62. The molecule has 5 heteroatoms. The SMILES string of the molecule is N#CC(=Cc1cn(Cc2ccccc2)nc1-c1cccs1)c1ccccn1. The molecule has 0 atom stereocenters. The van der Waals surface area contributed by atoms with E-state index in [1.165, 1.54) is 5.56 Å². The van der Waals surface area contributed by atoms with Gasteiger partial charge in [0.05, 0.1) is 22.7 Å². The lowest BCUT2D eigenvalue weighted by molar-refractivity contribution is 0.689. The van der Waals surface area contributed by atoms with Gasteiger partial charge in [-0.05, 0) is 35.2 Å². The van der Waals surface area contributed by atoms with Gasteiger partial charge in [0.15, 0.2) is 0 Å². The molecule has 27 heavy (non-hydrogen) atoms. The molecule has 0 saturated heterocycles. The first-order valence-electron chi connectivity index (χ1n) is 8.52. The molecule has 0 fully saturated rings. The second-order valence-electron chi connectivity index (χ2n) is 5.98. The summed E-state index contributed by atoms with van der Waals surface area (Å²) in [4.78, 5) is 5.37. The lowest BCUT2D eigenvalue weighted by Crippen LogP contribution is -1.99. The fraction of sp³-hybridized carbons (Fsp3) is 0.0455. The quantitative estimate of drug-likeness (QED) is 0.460. The summed E-state index contributed by atoms with van der Waals surface area (Å²) in [6.07, 6.45) is 5.55. The third kappa shape index (κ3) is 3.86. The molecule has 1 aromatic carbocycles. The molecule has 0 aliphatic heterocycles. The van der Waals surface area contributed by atoms with Gasteiger partial charge in [-0.1, -0.05) is 42.5 Å². The van der Waals surface area contributed by atoms with E-state index >= 15 is 0 Å². The van der Waals surface area contributed by atoms with E-state index in [2.05, 4.69) is 23.2 Å². The van der Waals surface area contributed by atoms with E-state index in [-0.39, 0.29) is 0 Å². The molecule has 3 aromatic heterocycles. The van der Waals surface area contributed by atoms with Crippen molar-refractivity contribution in [1.29, 1.82) is 5.26 Å². The summed E-state index contributed by atoms with van der Waals surface area (Å²) >= 11 is 1.64. The lowest BCUT2D eigenvalue weighted by atomic mass is 10.1. The van der Waals surface area contributed by atoms with E-state index < -0.39 is 0 Å². The Morgan fingerprint density at radius 2 is 1.93 bits per heavy atom. The third-order valence-electron chi connectivity index (χ3n) is 4.09. The molecular formula is C22H16N4S. The molecule has 3 heterocycles. The highest BCUT2D eigenvalue weighted by Gasteiger charge is 2.13. The summed E-state index contributed by atoms with van der Waals surface area (Å²) in [5.41, 5.74) is 4.15. The Bertz CT molecular complexity index is 1090. The lowest BCUT2D eigenvalue weighted by Gasteiger charge is -2.00. The van der Waals surface area contributed by atoms with Crippen LogP contribution in [0.4, 0.5) is 0 Å². The van der Waals surface area contributed by atoms with Crippen molar-refractivity contribution < 1.29 is 0 Å². The van der Waals surface area contributed by atoms with E-state index in [1.807, 2.05) is 70.9 Å². The number of nitrogens with zero attached hydrogens (tertiary/aromatic N) is 4. The molecule has 0 saturated carbocycles. The average molecular weight is 368 g/mol.